The van der Waals surface area contributed by atoms with E-state index < -0.39 is 0 Å². The summed E-state index contributed by atoms with van der Waals surface area (Å²) >= 11 is 5.06. The zero-order valence-corrected chi connectivity index (χ0v) is 14.0. The summed E-state index contributed by atoms with van der Waals surface area (Å²) in [5.41, 5.74) is 2.20. The maximum absolute atomic E-state index is 12.1. The molecule has 0 spiro atoms. The van der Waals surface area contributed by atoms with E-state index in [1.54, 1.807) is 11.3 Å². The number of para-hydroxylation sites is 1. The monoisotopic (exact) mass is 362 g/mol. The third-order valence-electron chi connectivity index (χ3n) is 3.41. The number of thiophene rings is 1. The molecule has 0 aliphatic carbocycles. The van der Waals surface area contributed by atoms with Crippen molar-refractivity contribution >= 4 is 44.1 Å². The van der Waals surface area contributed by atoms with E-state index in [0.29, 0.717) is 13.1 Å². The Bertz CT molecular complexity index is 791. The van der Waals surface area contributed by atoms with Gasteiger partial charge in [0, 0.05) is 16.1 Å². The first-order valence-corrected chi connectivity index (χ1v) is 8.30. The second kappa shape index (κ2) is 6.03. The highest BCUT2D eigenvalue weighted by atomic mass is 79.9. The number of aromatic nitrogens is 1. The van der Waals surface area contributed by atoms with Gasteiger partial charge in [0.25, 0.3) is 0 Å². The fraction of sp³-hybridized carbons (Fsp3) is 0.188. The molecule has 0 fully saturated rings. The molecule has 0 aliphatic heterocycles. The number of halogens is 1. The molecule has 2 heterocycles. The van der Waals surface area contributed by atoms with Gasteiger partial charge in [0.1, 0.15) is 6.54 Å². The van der Waals surface area contributed by atoms with Gasteiger partial charge in [-0.2, -0.15) is 0 Å². The van der Waals surface area contributed by atoms with Gasteiger partial charge in [-0.05, 0) is 52.5 Å². The van der Waals surface area contributed by atoms with Gasteiger partial charge in [0.05, 0.1) is 10.3 Å². The smallest absolute Gasteiger partial charge is 0.240 e. The number of benzene rings is 1. The summed E-state index contributed by atoms with van der Waals surface area (Å²) in [6, 6.07) is 14.3. The van der Waals surface area contributed by atoms with Gasteiger partial charge in [0.15, 0.2) is 0 Å². The predicted octanol–water partition coefficient (Wildman–Crippen LogP) is 4.09. The van der Waals surface area contributed by atoms with Crippen LogP contribution in [0, 0.1) is 6.92 Å². The Hall–Kier alpha value is -1.59. The van der Waals surface area contributed by atoms with Crippen molar-refractivity contribution in [3.05, 3.63) is 56.8 Å². The zero-order chi connectivity index (χ0) is 14.8. The van der Waals surface area contributed by atoms with Crippen LogP contribution in [0.2, 0.25) is 0 Å². The van der Waals surface area contributed by atoms with E-state index in [-0.39, 0.29) is 5.91 Å². The van der Waals surface area contributed by atoms with Gasteiger partial charge in [0.2, 0.25) is 5.91 Å². The minimum absolute atomic E-state index is 0.0315. The van der Waals surface area contributed by atoms with Crippen molar-refractivity contribution in [1.82, 2.24) is 9.88 Å². The molecular weight excluding hydrogens is 348 g/mol. The molecule has 1 aromatic carbocycles. The Balaban J connectivity index is 1.70. The first-order chi connectivity index (χ1) is 10.1. The van der Waals surface area contributed by atoms with Crippen LogP contribution in [0.5, 0.6) is 0 Å². The van der Waals surface area contributed by atoms with E-state index >= 15 is 0 Å². The lowest BCUT2D eigenvalue weighted by Crippen LogP contribution is -2.27. The van der Waals surface area contributed by atoms with Gasteiger partial charge in [-0.15, -0.1) is 11.3 Å². The first kappa shape index (κ1) is 14.4. The maximum atomic E-state index is 12.1. The lowest BCUT2D eigenvalue weighted by Gasteiger charge is -2.08. The lowest BCUT2D eigenvalue weighted by molar-refractivity contribution is -0.121. The van der Waals surface area contributed by atoms with Crippen molar-refractivity contribution in [2.45, 2.75) is 20.0 Å². The highest BCUT2D eigenvalue weighted by Crippen LogP contribution is 2.22. The Morgan fingerprint density at radius 1 is 1.29 bits per heavy atom. The molecule has 0 radical (unpaired) electrons. The van der Waals surface area contributed by atoms with E-state index in [1.165, 1.54) is 5.39 Å². The highest BCUT2D eigenvalue weighted by molar-refractivity contribution is 9.11. The number of fused-ring (bicyclic) bond motifs is 1. The summed E-state index contributed by atoms with van der Waals surface area (Å²) in [6.45, 7) is 2.96. The zero-order valence-electron chi connectivity index (χ0n) is 11.6. The number of carbonyl (C=O) groups is 1. The fourth-order valence-corrected chi connectivity index (χ4v) is 3.81. The normalized spacial score (nSPS) is 11.0. The minimum Gasteiger partial charge on any atom is -0.350 e. The van der Waals surface area contributed by atoms with Crippen molar-refractivity contribution in [3.63, 3.8) is 0 Å². The molecule has 0 aliphatic rings. The molecule has 108 valence electrons. The topological polar surface area (TPSA) is 34.0 Å². The molecule has 0 saturated heterocycles. The Kier molecular flexibility index (Phi) is 4.12. The number of nitrogens with zero attached hydrogens (tertiary/aromatic N) is 1. The molecule has 1 N–H and O–H groups in total. The summed E-state index contributed by atoms with van der Waals surface area (Å²) in [5, 5.41) is 4.14. The number of carbonyl (C=O) groups excluding carboxylic acids is 1. The largest absolute Gasteiger partial charge is 0.350 e. The molecule has 3 nitrogen and oxygen atoms in total. The van der Waals surface area contributed by atoms with Crippen LogP contribution in [-0.4, -0.2) is 10.5 Å². The van der Waals surface area contributed by atoms with E-state index in [1.807, 2.05) is 37.3 Å². The molecule has 0 bridgehead atoms. The second-order valence-corrected chi connectivity index (χ2v) is 7.46. The first-order valence-electron chi connectivity index (χ1n) is 6.69. The van der Waals surface area contributed by atoms with Crippen LogP contribution >= 0.6 is 27.3 Å². The summed E-state index contributed by atoms with van der Waals surface area (Å²) in [7, 11) is 0. The Morgan fingerprint density at radius 3 is 2.86 bits per heavy atom. The average molecular weight is 363 g/mol. The molecule has 3 aromatic rings. The van der Waals surface area contributed by atoms with E-state index in [2.05, 4.69) is 37.9 Å². The number of aryl methyl sites for hydroxylation is 1. The van der Waals surface area contributed by atoms with Crippen molar-refractivity contribution in [1.29, 1.82) is 0 Å². The van der Waals surface area contributed by atoms with Gasteiger partial charge in [-0.3, -0.25) is 4.79 Å². The summed E-state index contributed by atoms with van der Waals surface area (Å²) in [6.07, 6.45) is 0. The molecule has 3 rings (SSSR count). The van der Waals surface area contributed by atoms with Gasteiger partial charge >= 0.3 is 0 Å². The SMILES string of the molecule is Cc1cc2ccccc2n1CC(=O)NCc1ccc(Br)s1. The third kappa shape index (κ3) is 3.19. The molecule has 0 unspecified atom stereocenters. The maximum Gasteiger partial charge on any atom is 0.240 e. The summed E-state index contributed by atoms with van der Waals surface area (Å²) in [4.78, 5) is 13.3. The molecule has 5 heteroatoms. The van der Waals surface area contributed by atoms with Crippen molar-refractivity contribution < 1.29 is 4.79 Å². The standard InChI is InChI=1S/C16H15BrN2OS/c1-11-8-12-4-2-3-5-14(12)19(11)10-16(20)18-9-13-6-7-15(17)21-13/h2-8H,9-10H2,1H3,(H,18,20). The van der Waals surface area contributed by atoms with Crippen LogP contribution < -0.4 is 5.32 Å². The number of amides is 1. The average Bonchev–Trinajstić information content (AvgIpc) is 3.01. The second-order valence-electron chi connectivity index (χ2n) is 4.91. The van der Waals surface area contributed by atoms with Crippen LogP contribution in [-0.2, 0) is 17.9 Å². The Morgan fingerprint density at radius 2 is 2.10 bits per heavy atom. The van der Waals surface area contributed by atoms with Crippen LogP contribution in [0.1, 0.15) is 10.6 Å². The Labute approximate surface area is 135 Å². The molecule has 2 aromatic heterocycles. The minimum atomic E-state index is 0.0315. The molecule has 21 heavy (non-hydrogen) atoms. The number of nitrogens with one attached hydrogen (secondary N) is 1. The molecule has 0 saturated carbocycles. The highest BCUT2D eigenvalue weighted by Gasteiger charge is 2.09. The molecule has 1 amide bonds. The molecule has 0 atom stereocenters. The number of rotatable bonds is 4. The lowest BCUT2D eigenvalue weighted by atomic mass is 10.2. The van der Waals surface area contributed by atoms with Crippen molar-refractivity contribution in [2.24, 2.45) is 0 Å². The van der Waals surface area contributed by atoms with Crippen LogP contribution in [0.25, 0.3) is 10.9 Å². The number of hydrogen-bond acceptors (Lipinski definition) is 2. The van der Waals surface area contributed by atoms with Crippen molar-refractivity contribution in [3.8, 4) is 0 Å². The van der Waals surface area contributed by atoms with E-state index in [4.69, 9.17) is 0 Å². The van der Waals surface area contributed by atoms with Gasteiger partial charge in [-0.1, -0.05) is 18.2 Å². The van der Waals surface area contributed by atoms with E-state index in [0.717, 1.165) is 19.9 Å². The van der Waals surface area contributed by atoms with Crippen LogP contribution in [0.15, 0.2) is 46.3 Å². The van der Waals surface area contributed by atoms with Crippen LogP contribution in [0.4, 0.5) is 0 Å². The fourth-order valence-electron chi connectivity index (χ4n) is 2.39. The predicted molar refractivity (Wildman–Crippen MR) is 90.5 cm³/mol. The van der Waals surface area contributed by atoms with Gasteiger partial charge < -0.3 is 9.88 Å². The van der Waals surface area contributed by atoms with Crippen LogP contribution in [0.3, 0.4) is 0 Å². The quantitative estimate of drug-likeness (QED) is 0.744. The summed E-state index contributed by atoms with van der Waals surface area (Å²) in [5.74, 6) is 0.0315. The van der Waals surface area contributed by atoms with Crippen molar-refractivity contribution in [2.75, 3.05) is 0 Å². The van der Waals surface area contributed by atoms with E-state index in [9.17, 15) is 4.79 Å². The molecular formula is C16H15BrN2OS. The third-order valence-corrected chi connectivity index (χ3v) is 5.03. The summed E-state index contributed by atoms with van der Waals surface area (Å²) < 4.78 is 3.13. The number of hydrogen-bond donors (Lipinski definition) is 1. The van der Waals surface area contributed by atoms with Gasteiger partial charge in [-0.25, -0.2) is 0 Å².